The highest BCUT2D eigenvalue weighted by atomic mass is 127. The van der Waals surface area contributed by atoms with Crippen LogP contribution in [-0.4, -0.2) is 9.78 Å². The van der Waals surface area contributed by atoms with E-state index >= 15 is 0 Å². The van der Waals surface area contributed by atoms with E-state index in [0.29, 0.717) is 0 Å². The maximum atomic E-state index is 4.23. The number of aryl methyl sites for hydroxylation is 2. The second kappa shape index (κ2) is 4.23. The Labute approximate surface area is 94.7 Å². The third-order valence-electron chi connectivity index (χ3n) is 1.81. The molecule has 68 valence electrons. The maximum absolute atomic E-state index is 4.23. The summed E-state index contributed by atoms with van der Waals surface area (Å²) in [5, 5.41) is 8.53. The first-order valence-electron chi connectivity index (χ1n) is 4.03. The average Bonchev–Trinajstić information content (AvgIpc) is 2.71. The van der Waals surface area contributed by atoms with Gasteiger partial charge < -0.3 is 0 Å². The zero-order valence-electron chi connectivity index (χ0n) is 6.98. The number of thiophene rings is 1. The van der Waals surface area contributed by atoms with Crippen LogP contribution in [0.4, 0.5) is 0 Å². The normalized spacial score (nSPS) is 10.5. The van der Waals surface area contributed by atoms with Crippen molar-refractivity contribution in [1.29, 1.82) is 0 Å². The summed E-state index contributed by atoms with van der Waals surface area (Å²) >= 11 is 4.02. The van der Waals surface area contributed by atoms with Crippen molar-refractivity contribution in [2.24, 2.45) is 0 Å². The molecule has 0 N–H and O–H groups in total. The average molecular weight is 304 g/mol. The van der Waals surface area contributed by atoms with Gasteiger partial charge in [0.05, 0.1) is 9.77 Å². The van der Waals surface area contributed by atoms with Crippen LogP contribution in [0.1, 0.15) is 5.56 Å². The molecule has 0 amide bonds. The zero-order chi connectivity index (χ0) is 9.10. The topological polar surface area (TPSA) is 17.8 Å². The fourth-order valence-electron chi connectivity index (χ4n) is 1.14. The standard InChI is InChI=1S/C9H9IN2S/c10-9-5-11-12(6-9)3-1-8-2-4-13-7-8/h2,4-7H,1,3H2. The summed E-state index contributed by atoms with van der Waals surface area (Å²) in [5.41, 5.74) is 1.40. The van der Waals surface area contributed by atoms with Crippen LogP contribution >= 0.6 is 33.9 Å². The van der Waals surface area contributed by atoms with E-state index in [-0.39, 0.29) is 0 Å². The summed E-state index contributed by atoms with van der Waals surface area (Å²) in [7, 11) is 0. The predicted octanol–water partition coefficient (Wildman–Crippen LogP) is 2.79. The van der Waals surface area contributed by atoms with Gasteiger partial charge in [-0.05, 0) is 51.4 Å². The van der Waals surface area contributed by atoms with Crippen molar-refractivity contribution >= 4 is 33.9 Å². The molecule has 0 saturated carbocycles. The Kier molecular flexibility index (Phi) is 3.00. The molecule has 2 nitrogen and oxygen atoms in total. The fourth-order valence-corrected chi connectivity index (χ4v) is 2.29. The van der Waals surface area contributed by atoms with Crippen molar-refractivity contribution in [3.8, 4) is 0 Å². The maximum Gasteiger partial charge on any atom is 0.0623 e. The predicted molar refractivity (Wildman–Crippen MR) is 63.0 cm³/mol. The van der Waals surface area contributed by atoms with Gasteiger partial charge in [-0.25, -0.2) is 0 Å². The molecule has 2 rings (SSSR count). The van der Waals surface area contributed by atoms with Crippen LogP contribution in [0.3, 0.4) is 0 Å². The highest BCUT2D eigenvalue weighted by Gasteiger charge is 1.96. The second-order valence-electron chi connectivity index (χ2n) is 2.80. The first-order chi connectivity index (χ1) is 6.34. The molecule has 4 heteroatoms. The zero-order valence-corrected chi connectivity index (χ0v) is 9.96. The van der Waals surface area contributed by atoms with Gasteiger partial charge in [0.25, 0.3) is 0 Å². The van der Waals surface area contributed by atoms with Crippen LogP contribution in [0.15, 0.2) is 29.2 Å². The second-order valence-corrected chi connectivity index (χ2v) is 4.83. The molecule has 0 saturated heterocycles. The van der Waals surface area contributed by atoms with Gasteiger partial charge in [0.15, 0.2) is 0 Å². The number of rotatable bonds is 3. The van der Waals surface area contributed by atoms with E-state index in [0.717, 1.165) is 13.0 Å². The van der Waals surface area contributed by atoms with E-state index in [2.05, 4.69) is 50.7 Å². The SMILES string of the molecule is Ic1cnn(CCc2ccsc2)c1. The molecule has 0 spiro atoms. The molecule has 0 aliphatic heterocycles. The summed E-state index contributed by atoms with van der Waals surface area (Å²) in [5.74, 6) is 0. The van der Waals surface area contributed by atoms with Gasteiger partial charge >= 0.3 is 0 Å². The number of nitrogens with zero attached hydrogens (tertiary/aromatic N) is 2. The minimum absolute atomic E-state index is 0.972. The lowest BCUT2D eigenvalue weighted by molar-refractivity contribution is 0.615. The minimum Gasteiger partial charge on any atom is -0.271 e. The third kappa shape index (κ3) is 2.54. The van der Waals surface area contributed by atoms with Gasteiger partial charge in [-0.3, -0.25) is 4.68 Å². The summed E-state index contributed by atoms with van der Waals surface area (Å²) in [6, 6.07) is 2.17. The highest BCUT2D eigenvalue weighted by molar-refractivity contribution is 14.1. The van der Waals surface area contributed by atoms with E-state index in [1.54, 1.807) is 11.3 Å². The quantitative estimate of drug-likeness (QED) is 0.797. The summed E-state index contributed by atoms with van der Waals surface area (Å²) < 4.78 is 3.18. The van der Waals surface area contributed by atoms with Crippen molar-refractivity contribution in [1.82, 2.24) is 9.78 Å². The van der Waals surface area contributed by atoms with E-state index in [9.17, 15) is 0 Å². The number of hydrogen-bond donors (Lipinski definition) is 0. The lowest BCUT2D eigenvalue weighted by atomic mass is 10.2. The van der Waals surface area contributed by atoms with Crippen LogP contribution in [0.5, 0.6) is 0 Å². The molecule has 0 aromatic carbocycles. The summed E-state index contributed by atoms with van der Waals surface area (Å²) in [6.07, 6.45) is 5.02. The Hall–Kier alpha value is -0.360. The minimum atomic E-state index is 0.972. The van der Waals surface area contributed by atoms with E-state index in [1.165, 1.54) is 9.13 Å². The van der Waals surface area contributed by atoms with E-state index in [4.69, 9.17) is 0 Å². The van der Waals surface area contributed by atoms with Crippen molar-refractivity contribution in [3.05, 3.63) is 38.4 Å². The Morgan fingerprint density at radius 2 is 2.46 bits per heavy atom. The molecule has 13 heavy (non-hydrogen) atoms. The first kappa shape index (κ1) is 9.21. The molecule has 0 bridgehead atoms. The van der Waals surface area contributed by atoms with Gasteiger partial charge in [-0.1, -0.05) is 0 Å². The largest absolute Gasteiger partial charge is 0.271 e. The van der Waals surface area contributed by atoms with Crippen LogP contribution in [0.2, 0.25) is 0 Å². The smallest absolute Gasteiger partial charge is 0.0623 e. The Morgan fingerprint density at radius 3 is 3.08 bits per heavy atom. The van der Waals surface area contributed by atoms with Crippen LogP contribution in [-0.2, 0) is 13.0 Å². The lowest BCUT2D eigenvalue weighted by Gasteiger charge is -1.98. The summed E-state index contributed by atoms with van der Waals surface area (Å²) in [4.78, 5) is 0. The molecular formula is C9H9IN2S. The van der Waals surface area contributed by atoms with Crippen LogP contribution in [0.25, 0.3) is 0 Å². The lowest BCUT2D eigenvalue weighted by Crippen LogP contribution is -2.00. The Bertz CT molecular complexity index is 367. The number of aromatic nitrogens is 2. The van der Waals surface area contributed by atoms with Crippen LogP contribution in [0, 0.1) is 3.57 Å². The van der Waals surface area contributed by atoms with Gasteiger partial charge in [0, 0.05) is 12.7 Å². The molecule has 2 aromatic rings. The van der Waals surface area contributed by atoms with Gasteiger partial charge in [-0.2, -0.15) is 16.4 Å². The molecule has 0 radical (unpaired) electrons. The fraction of sp³-hybridized carbons (Fsp3) is 0.222. The molecule has 2 heterocycles. The Morgan fingerprint density at radius 1 is 1.54 bits per heavy atom. The molecule has 0 fully saturated rings. The van der Waals surface area contributed by atoms with Gasteiger partial charge in [0.2, 0.25) is 0 Å². The number of halogens is 1. The van der Waals surface area contributed by atoms with Crippen molar-refractivity contribution < 1.29 is 0 Å². The molecule has 0 aliphatic rings. The van der Waals surface area contributed by atoms with Gasteiger partial charge in [0.1, 0.15) is 0 Å². The highest BCUT2D eigenvalue weighted by Crippen LogP contribution is 2.08. The van der Waals surface area contributed by atoms with Gasteiger partial charge in [-0.15, -0.1) is 0 Å². The molecular weight excluding hydrogens is 295 g/mol. The molecule has 2 aromatic heterocycles. The molecule has 0 aliphatic carbocycles. The van der Waals surface area contributed by atoms with E-state index in [1.807, 2.05) is 10.9 Å². The van der Waals surface area contributed by atoms with E-state index < -0.39 is 0 Å². The van der Waals surface area contributed by atoms with Crippen molar-refractivity contribution in [2.45, 2.75) is 13.0 Å². The molecule has 0 atom stereocenters. The van der Waals surface area contributed by atoms with Crippen LogP contribution < -0.4 is 0 Å². The Balaban J connectivity index is 1.93. The first-order valence-corrected chi connectivity index (χ1v) is 6.06. The molecule has 0 unspecified atom stereocenters. The number of hydrogen-bond acceptors (Lipinski definition) is 2. The van der Waals surface area contributed by atoms with Crippen molar-refractivity contribution in [3.63, 3.8) is 0 Å². The summed E-state index contributed by atoms with van der Waals surface area (Å²) in [6.45, 7) is 0.972. The van der Waals surface area contributed by atoms with Crippen molar-refractivity contribution in [2.75, 3.05) is 0 Å². The third-order valence-corrected chi connectivity index (χ3v) is 3.10. The monoisotopic (exact) mass is 304 g/mol.